The second kappa shape index (κ2) is 7.74. The van der Waals surface area contributed by atoms with Crippen LogP contribution in [0.5, 0.6) is 11.5 Å². The van der Waals surface area contributed by atoms with E-state index in [-0.39, 0.29) is 19.0 Å². The minimum absolute atomic E-state index is 0.101. The van der Waals surface area contributed by atoms with E-state index in [2.05, 4.69) is 5.32 Å². The summed E-state index contributed by atoms with van der Waals surface area (Å²) in [6.07, 6.45) is 1.11. The Morgan fingerprint density at radius 1 is 1.21 bits per heavy atom. The van der Waals surface area contributed by atoms with Crippen LogP contribution in [0.2, 0.25) is 0 Å². The summed E-state index contributed by atoms with van der Waals surface area (Å²) < 4.78 is 35.9. The van der Waals surface area contributed by atoms with Gasteiger partial charge < -0.3 is 14.8 Å². The Hall–Kier alpha value is -1.96. The van der Waals surface area contributed by atoms with Crippen LogP contribution in [0.15, 0.2) is 18.2 Å². The first kappa shape index (κ1) is 20.1. The van der Waals surface area contributed by atoms with E-state index in [1.54, 1.807) is 39.0 Å². The highest BCUT2D eigenvalue weighted by Crippen LogP contribution is 2.33. The molecule has 136 valence electrons. The predicted octanol–water partition coefficient (Wildman–Crippen LogP) is 1.63. The van der Waals surface area contributed by atoms with E-state index in [0.29, 0.717) is 17.2 Å². The van der Waals surface area contributed by atoms with Crippen molar-refractivity contribution in [3.05, 3.63) is 18.2 Å². The highest BCUT2D eigenvalue weighted by Gasteiger charge is 2.24. The van der Waals surface area contributed by atoms with Crippen molar-refractivity contribution in [3.63, 3.8) is 0 Å². The molecule has 24 heavy (non-hydrogen) atoms. The standard InChI is InChI=1S/C16H26N2O5S/c1-16(2,3)15(19)17-9-10-18(24(6,20)21)13-8-7-12(22-4)11-14(13)23-5/h7-8,11H,9-10H2,1-6H3,(H,17,19). The lowest BCUT2D eigenvalue weighted by Crippen LogP contribution is -2.41. The number of amides is 1. The number of nitrogens with one attached hydrogen (secondary N) is 1. The van der Waals surface area contributed by atoms with E-state index in [4.69, 9.17) is 9.47 Å². The normalized spacial score (nSPS) is 11.8. The van der Waals surface area contributed by atoms with Crippen molar-refractivity contribution in [1.82, 2.24) is 5.32 Å². The van der Waals surface area contributed by atoms with Gasteiger partial charge in [-0.3, -0.25) is 9.10 Å². The molecule has 0 aliphatic rings. The maximum atomic E-state index is 12.2. The molecule has 1 aromatic carbocycles. The molecular weight excluding hydrogens is 332 g/mol. The number of sulfonamides is 1. The highest BCUT2D eigenvalue weighted by molar-refractivity contribution is 7.92. The van der Waals surface area contributed by atoms with E-state index in [1.165, 1.54) is 18.5 Å². The predicted molar refractivity (Wildman–Crippen MR) is 94.2 cm³/mol. The number of ether oxygens (including phenoxy) is 2. The van der Waals surface area contributed by atoms with Gasteiger partial charge in [0.05, 0.1) is 32.7 Å². The maximum Gasteiger partial charge on any atom is 0.232 e. The smallest absolute Gasteiger partial charge is 0.232 e. The van der Waals surface area contributed by atoms with Crippen molar-refractivity contribution in [2.24, 2.45) is 5.41 Å². The van der Waals surface area contributed by atoms with Gasteiger partial charge in [0.15, 0.2) is 0 Å². The lowest BCUT2D eigenvalue weighted by molar-refractivity contribution is -0.128. The Morgan fingerprint density at radius 3 is 2.29 bits per heavy atom. The first-order chi connectivity index (χ1) is 11.0. The zero-order valence-corrected chi connectivity index (χ0v) is 15.9. The molecule has 0 saturated carbocycles. The molecule has 0 atom stereocenters. The van der Waals surface area contributed by atoms with Crippen LogP contribution in [-0.4, -0.2) is 47.9 Å². The Morgan fingerprint density at radius 2 is 1.83 bits per heavy atom. The third-order valence-corrected chi connectivity index (χ3v) is 4.52. The Bertz CT molecular complexity index is 680. The topological polar surface area (TPSA) is 84.9 Å². The lowest BCUT2D eigenvalue weighted by Gasteiger charge is -2.25. The summed E-state index contributed by atoms with van der Waals surface area (Å²) in [6.45, 7) is 5.68. The first-order valence-electron chi connectivity index (χ1n) is 7.48. The number of rotatable bonds is 7. The molecule has 8 heteroatoms. The molecule has 0 fully saturated rings. The third kappa shape index (κ3) is 5.30. The summed E-state index contributed by atoms with van der Waals surface area (Å²) in [5, 5.41) is 2.74. The van der Waals surface area contributed by atoms with Crippen LogP contribution in [0.4, 0.5) is 5.69 Å². The molecule has 0 radical (unpaired) electrons. The van der Waals surface area contributed by atoms with E-state index >= 15 is 0 Å². The zero-order valence-electron chi connectivity index (χ0n) is 15.0. The highest BCUT2D eigenvalue weighted by atomic mass is 32.2. The molecule has 0 heterocycles. The molecular formula is C16H26N2O5S. The van der Waals surface area contributed by atoms with E-state index in [9.17, 15) is 13.2 Å². The van der Waals surface area contributed by atoms with Gasteiger partial charge >= 0.3 is 0 Å². The van der Waals surface area contributed by atoms with Crippen LogP contribution in [0, 0.1) is 5.41 Å². The lowest BCUT2D eigenvalue weighted by atomic mass is 9.96. The Labute approximate surface area is 144 Å². The summed E-state index contributed by atoms with van der Waals surface area (Å²) in [5.74, 6) is 0.796. The zero-order chi connectivity index (χ0) is 18.5. The third-order valence-electron chi connectivity index (χ3n) is 3.34. The average molecular weight is 358 g/mol. The summed E-state index contributed by atoms with van der Waals surface area (Å²) in [4.78, 5) is 11.9. The molecule has 1 rings (SSSR count). The maximum absolute atomic E-state index is 12.2. The van der Waals surface area contributed by atoms with Crippen molar-refractivity contribution >= 4 is 21.6 Å². The van der Waals surface area contributed by atoms with Gasteiger partial charge in [-0.25, -0.2) is 8.42 Å². The van der Waals surface area contributed by atoms with Crippen molar-refractivity contribution in [3.8, 4) is 11.5 Å². The van der Waals surface area contributed by atoms with Crippen LogP contribution in [-0.2, 0) is 14.8 Å². The number of hydrogen-bond donors (Lipinski definition) is 1. The van der Waals surface area contributed by atoms with Gasteiger partial charge in [-0.15, -0.1) is 0 Å². The number of hydrogen-bond acceptors (Lipinski definition) is 5. The minimum atomic E-state index is -3.54. The SMILES string of the molecule is COc1ccc(N(CCNC(=O)C(C)(C)C)S(C)(=O)=O)c(OC)c1. The van der Waals surface area contributed by atoms with Gasteiger partial charge in [0.2, 0.25) is 15.9 Å². The molecule has 0 aromatic heterocycles. The van der Waals surface area contributed by atoms with Crippen molar-refractivity contribution in [2.75, 3.05) is 37.9 Å². The monoisotopic (exact) mass is 358 g/mol. The molecule has 1 amide bonds. The summed E-state index contributed by atoms with van der Waals surface area (Å²) >= 11 is 0. The van der Waals surface area contributed by atoms with E-state index < -0.39 is 15.4 Å². The van der Waals surface area contributed by atoms with Crippen molar-refractivity contribution in [2.45, 2.75) is 20.8 Å². The van der Waals surface area contributed by atoms with Gasteiger partial charge in [0.25, 0.3) is 0 Å². The molecule has 0 bridgehead atoms. The second-order valence-electron chi connectivity index (χ2n) is 6.38. The van der Waals surface area contributed by atoms with Gasteiger partial charge in [0.1, 0.15) is 11.5 Å². The van der Waals surface area contributed by atoms with Crippen LogP contribution < -0.4 is 19.1 Å². The molecule has 0 aliphatic heterocycles. The van der Waals surface area contributed by atoms with Crippen LogP contribution in [0.3, 0.4) is 0 Å². The Balaban J connectivity index is 3.02. The van der Waals surface area contributed by atoms with Gasteiger partial charge in [-0.1, -0.05) is 20.8 Å². The number of nitrogens with zero attached hydrogens (tertiary/aromatic N) is 1. The quantitative estimate of drug-likeness (QED) is 0.801. The minimum Gasteiger partial charge on any atom is -0.497 e. The van der Waals surface area contributed by atoms with Gasteiger partial charge in [0, 0.05) is 18.0 Å². The van der Waals surface area contributed by atoms with Gasteiger partial charge in [-0.05, 0) is 12.1 Å². The van der Waals surface area contributed by atoms with Crippen molar-refractivity contribution < 1.29 is 22.7 Å². The molecule has 0 spiro atoms. The number of carbonyl (C=O) groups excluding carboxylic acids is 1. The summed E-state index contributed by atoms with van der Waals surface area (Å²) in [6, 6.07) is 4.88. The largest absolute Gasteiger partial charge is 0.497 e. The Kier molecular flexibility index (Phi) is 6.48. The molecule has 7 nitrogen and oxygen atoms in total. The molecule has 1 aromatic rings. The van der Waals surface area contributed by atoms with Crippen LogP contribution >= 0.6 is 0 Å². The fraction of sp³-hybridized carbons (Fsp3) is 0.562. The number of carbonyl (C=O) groups is 1. The summed E-state index contributed by atoms with van der Waals surface area (Å²) in [5.41, 5.74) is -0.140. The fourth-order valence-electron chi connectivity index (χ4n) is 1.99. The average Bonchev–Trinajstić information content (AvgIpc) is 2.48. The number of benzene rings is 1. The van der Waals surface area contributed by atoms with Crippen LogP contribution in [0.25, 0.3) is 0 Å². The number of anilines is 1. The van der Waals surface area contributed by atoms with Crippen molar-refractivity contribution in [1.29, 1.82) is 0 Å². The van der Waals surface area contributed by atoms with E-state index in [0.717, 1.165) is 6.26 Å². The number of methoxy groups -OCH3 is 2. The molecule has 0 saturated heterocycles. The fourth-order valence-corrected chi connectivity index (χ4v) is 2.92. The van der Waals surface area contributed by atoms with Gasteiger partial charge in [-0.2, -0.15) is 0 Å². The van der Waals surface area contributed by atoms with Crippen LogP contribution in [0.1, 0.15) is 20.8 Å². The molecule has 0 unspecified atom stereocenters. The summed E-state index contributed by atoms with van der Waals surface area (Å²) in [7, 11) is -0.565. The second-order valence-corrected chi connectivity index (χ2v) is 8.29. The first-order valence-corrected chi connectivity index (χ1v) is 9.33. The van der Waals surface area contributed by atoms with E-state index in [1.807, 2.05) is 0 Å². The molecule has 0 aliphatic carbocycles. The molecule has 1 N–H and O–H groups in total.